The minimum Gasteiger partial charge on any atom is -0.495 e. The number of nitrogens with zero attached hydrogens (tertiary/aromatic N) is 1. The van der Waals surface area contributed by atoms with E-state index in [2.05, 4.69) is 10.5 Å². The first-order chi connectivity index (χ1) is 12.6. The third kappa shape index (κ3) is 3.97. The first-order valence-corrected chi connectivity index (χ1v) is 8.06. The molecule has 1 heterocycles. The van der Waals surface area contributed by atoms with E-state index in [0.717, 1.165) is 0 Å². The molecule has 1 aromatic heterocycles. The van der Waals surface area contributed by atoms with E-state index in [-0.39, 0.29) is 18.1 Å². The molecular weight excluding hydrogens is 332 g/mol. The number of amides is 1. The Kier molecular flexibility index (Phi) is 5.12. The number of aromatic nitrogens is 1. The van der Waals surface area contributed by atoms with Crippen LogP contribution in [0.15, 0.2) is 59.1 Å². The topological polar surface area (TPSA) is 81.4 Å². The quantitative estimate of drug-likeness (QED) is 0.689. The SMILES string of the molecule is COc1ccc(C(=O)c2ccccc2)cc1NC(=O)Cc1cc(C)on1. The molecule has 6 nitrogen and oxygen atoms in total. The Bertz CT molecular complexity index is 932. The number of ketones is 1. The summed E-state index contributed by atoms with van der Waals surface area (Å²) in [5.41, 5.74) is 2.01. The van der Waals surface area contributed by atoms with Gasteiger partial charge in [0.1, 0.15) is 11.5 Å². The Morgan fingerprint density at radius 1 is 1.08 bits per heavy atom. The number of nitrogens with one attached hydrogen (secondary N) is 1. The van der Waals surface area contributed by atoms with Gasteiger partial charge in [-0.2, -0.15) is 0 Å². The Labute approximate surface area is 150 Å². The van der Waals surface area contributed by atoms with Crippen LogP contribution in [0.25, 0.3) is 0 Å². The zero-order chi connectivity index (χ0) is 18.5. The van der Waals surface area contributed by atoms with Gasteiger partial charge < -0.3 is 14.6 Å². The number of hydrogen-bond acceptors (Lipinski definition) is 5. The molecule has 0 radical (unpaired) electrons. The highest BCUT2D eigenvalue weighted by atomic mass is 16.5. The molecule has 1 amide bonds. The third-order valence-corrected chi connectivity index (χ3v) is 3.79. The van der Waals surface area contributed by atoms with Crippen LogP contribution in [0.1, 0.15) is 27.4 Å². The molecule has 2 aromatic carbocycles. The molecule has 3 rings (SSSR count). The van der Waals surface area contributed by atoms with Gasteiger partial charge in [-0.15, -0.1) is 0 Å². The lowest BCUT2D eigenvalue weighted by atomic mass is 10.0. The standard InChI is InChI=1S/C20H18N2O4/c1-13-10-16(22-26-13)12-19(23)21-17-11-15(8-9-18(17)25-2)20(24)14-6-4-3-5-7-14/h3-11H,12H2,1-2H3,(H,21,23). The second kappa shape index (κ2) is 7.65. The molecule has 0 saturated heterocycles. The molecule has 1 N–H and O–H groups in total. The smallest absolute Gasteiger partial charge is 0.230 e. The monoisotopic (exact) mass is 350 g/mol. The summed E-state index contributed by atoms with van der Waals surface area (Å²) in [7, 11) is 1.50. The molecule has 0 aliphatic rings. The molecule has 0 fully saturated rings. The fourth-order valence-electron chi connectivity index (χ4n) is 2.56. The van der Waals surface area contributed by atoms with Crippen molar-refractivity contribution in [1.29, 1.82) is 0 Å². The molecule has 0 aliphatic heterocycles. The Morgan fingerprint density at radius 3 is 2.50 bits per heavy atom. The van der Waals surface area contributed by atoms with Crippen LogP contribution in [0.3, 0.4) is 0 Å². The summed E-state index contributed by atoms with van der Waals surface area (Å²) in [5.74, 6) is 0.705. The predicted octanol–water partition coefficient (Wildman–Crippen LogP) is 3.40. The summed E-state index contributed by atoms with van der Waals surface area (Å²) in [6.45, 7) is 1.76. The number of rotatable bonds is 6. The maximum absolute atomic E-state index is 12.6. The number of methoxy groups -OCH3 is 1. The first-order valence-electron chi connectivity index (χ1n) is 8.06. The normalized spacial score (nSPS) is 10.4. The van der Waals surface area contributed by atoms with Crippen LogP contribution in [-0.4, -0.2) is 24.0 Å². The van der Waals surface area contributed by atoms with E-state index in [1.165, 1.54) is 7.11 Å². The summed E-state index contributed by atoms with van der Waals surface area (Å²) in [6.07, 6.45) is 0.0668. The van der Waals surface area contributed by atoms with Crippen molar-refractivity contribution in [3.63, 3.8) is 0 Å². The molecule has 0 atom stereocenters. The van der Waals surface area contributed by atoms with Gasteiger partial charge in [-0.05, 0) is 25.1 Å². The second-order valence-corrected chi connectivity index (χ2v) is 5.76. The van der Waals surface area contributed by atoms with Gasteiger partial charge in [0.15, 0.2) is 5.78 Å². The molecule has 3 aromatic rings. The predicted molar refractivity (Wildman–Crippen MR) is 96.4 cm³/mol. The van der Waals surface area contributed by atoms with E-state index in [0.29, 0.717) is 34.0 Å². The van der Waals surface area contributed by atoms with Gasteiger partial charge in [-0.25, -0.2) is 0 Å². The largest absolute Gasteiger partial charge is 0.495 e. The average Bonchev–Trinajstić information content (AvgIpc) is 3.06. The van der Waals surface area contributed by atoms with E-state index in [9.17, 15) is 9.59 Å². The Morgan fingerprint density at radius 2 is 1.85 bits per heavy atom. The maximum atomic E-state index is 12.6. The van der Waals surface area contributed by atoms with Crippen LogP contribution in [0.2, 0.25) is 0 Å². The fourth-order valence-corrected chi connectivity index (χ4v) is 2.56. The van der Waals surface area contributed by atoms with Gasteiger partial charge in [0.05, 0.1) is 24.9 Å². The van der Waals surface area contributed by atoms with Crippen LogP contribution >= 0.6 is 0 Å². The van der Waals surface area contributed by atoms with E-state index in [1.54, 1.807) is 55.5 Å². The maximum Gasteiger partial charge on any atom is 0.230 e. The lowest BCUT2D eigenvalue weighted by Gasteiger charge is -2.11. The summed E-state index contributed by atoms with van der Waals surface area (Å²) < 4.78 is 10.2. The van der Waals surface area contributed by atoms with Gasteiger partial charge in [-0.3, -0.25) is 9.59 Å². The van der Waals surface area contributed by atoms with E-state index in [1.807, 2.05) is 6.07 Å². The van der Waals surface area contributed by atoms with E-state index < -0.39 is 0 Å². The lowest BCUT2D eigenvalue weighted by molar-refractivity contribution is -0.115. The first kappa shape index (κ1) is 17.4. The molecule has 132 valence electrons. The highest BCUT2D eigenvalue weighted by Crippen LogP contribution is 2.27. The molecule has 26 heavy (non-hydrogen) atoms. The van der Waals surface area contributed by atoms with Gasteiger partial charge in [0, 0.05) is 17.2 Å². The van der Waals surface area contributed by atoms with Gasteiger partial charge in [0.25, 0.3) is 0 Å². The number of anilines is 1. The molecule has 6 heteroatoms. The van der Waals surface area contributed by atoms with Crippen molar-refractivity contribution in [2.75, 3.05) is 12.4 Å². The minimum atomic E-state index is -0.277. The molecule has 0 saturated carbocycles. The van der Waals surface area contributed by atoms with E-state index in [4.69, 9.17) is 9.26 Å². The number of ether oxygens (including phenoxy) is 1. The number of aryl methyl sites for hydroxylation is 1. The zero-order valence-corrected chi connectivity index (χ0v) is 14.5. The summed E-state index contributed by atoms with van der Waals surface area (Å²) in [4.78, 5) is 24.9. The molecule has 0 aliphatic carbocycles. The highest BCUT2D eigenvalue weighted by Gasteiger charge is 2.15. The minimum absolute atomic E-state index is 0.0668. The summed E-state index contributed by atoms with van der Waals surface area (Å²) in [5, 5.41) is 6.57. The van der Waals surface area contributed by atoms with Crippen LogP contribution in [0.4, 0.5) is 5.69 Å². The van der Waals surface area contributed by atoms with Crippen molar-refractivity contribution in [3.8, 4) is 5.75 Å². The van der Waals surface area contributed by atoms with Gasteiger partial charge in [-0.1, -0.05) is 35.5 Å². The van der Waals surface area contributed by atoms with Crippen molar-refractivity contribution < 1.29 is 18.8 Å². The van der Waals surface area contributed by atoms with Gasteiger partial charge in [0.2, 0.25) is 5.91 Å². The Balaban J connectivity index is 1.81. The number of hydrogen-bond donors (Lipinski definition) is 1. The number of carbonyl (C=O) groups excluding carboxylic acids is 2. The van der Waals surface area contributed by atoms with Crippen LogP contribution < -0.4 is 10.1 Å². The van der Waals surface area contributed by atoms with Crippen LogP contribution in [0.5, 0.6) is 5.75 Å². The molecule has 0 unspecified atom stereocenters. The second-order valence-electron chi connectivity index (χ2n) is 5.76. The third-order valence-electron chi connectivity index (χ3n) is 3.79. The van der Waals surface area contributed by atoms with Crippen LogP contribution in [-0.2, 0) is 11.2 Å². The zero-order valence-electron chi connectivity index (χ0n) is 14.5. The van der Waals surface area contributed by atoms with E-state index >= 15 is 0 Å². The number of benzene rings is 2. The molecular formula is C20H18N2O4. The van der Waals surface area contributed by atoms with Crippen molar-refractivity contribution in [1.82, 2.24) is 5.16 Å². The fraction of sp³-hybridized carbons (Fsp3) is 0.150. The lowest BCUT2D eigenvalue weighted by Crippen LogP contribution is -2.16. The molecule has 0 bridgehead atoms. The molecule has 0 spiro atoms. The summed E-state index contributed by atoms with van der Waals surface area (Å²) in [6, 6.07) is 15.6. The van der Waals surface area contributed by atoms with Gasteiger partial charge >= 0.3 is 0 Å². The Hall–Kier alpha value is -3.41. The summed E-state index contributed by atoms with van der Waals surface area (Å²) >= 11 is 0. The van der Waals surface area contributed by atoms with Crippen LogP contribution in [0, 0.1) is 6.92 Å². The van der Waals surface area contributed by atoms with Crippen molar-refractivity contribution in [2.45, 2.75) is 13.3 Å². The average molecular weight is 350 g/mol. The highest BCUT2D eigenvalue weighted by molar-refractivity contribution is 6.10. The number of carbonyl (C=O) groups is 2. The van der Waals surface area contributed by atoms with Crippen molar-refractivity contribution >= 4 is 17.4 Å². The van der Waals surface area contributed by atoms with Crippen molar-refractivity contribution in [3.05, 3.63) is 77.2 Å². The van der Waals surface area contributed by atoms with Crippen molar-refractivity contribution in [2.24, 2.45) is 0 Å².